The van der Waals surface area contributed by atoms with Gasteiger partial charge >= 0.3 is 0 Å². The van der Waals surface area contributed by atoms with Crippen LogP contribution in [0.2, 0.25) is 0 Å². The number of rotatable bonds is 5. The topological polar surface area (TPSA) is 44.7 Å². The lowest BCUT2D eigenvalue weighted by Gasteiger charge is -2.43. The van der Waals surface area contributed by atoms with Crippen LogP contribution in [0.4, 0.5) is 5.95 Å². The number of nitrogens with zero attached hydrogens (tertiary/aromatic N) is 5. The molecule has 3 heterocycles. The van der Waals surface area contributed by atoms with Gasteiger partial charge in [-0.05, 0) is 20.3 Å². The van der Waals surface area contributed by atoms with E-state index in [1.165, 1.54) is 12.0 Å². The van der Waals surface area contributed by atoms with Crippen LogP contribution in [0.5, 0.6) is 0 Å². The molecule has 24 heavy (non-hydrogen) atoms. The van der Waals surface area contributed by atoms with E-state index < -0.39 is 0 Å². The van der Waals surface area contributed by atoms with E-state index in [0.29, 0.717) is 12.1 Å². The van der Waals surface area contributed by atoms with Gasteiger partial charge in [0.25, 0.3) is 0 Å². The molecule has 0 saturated carbocycles. The minimum absolute atomic E-state index is 0.633. The highest BCUT2D eigenvalue weighted by molar-refractivity contribution is 5.30. The highest BCUT2D eigenvalue weighted by Gasteiger charge is 2.27. The SMILES string of the molecule is CC[C@H]1CN(Cc2cnc(N3CCOCC3)nc2)CCN1C(C)C. The van der Waals surface area contributed by atoms with E-state index in [0.717, 1.165) is 58.4 Å². The van der Waals surface area contributed by atoms with Gasteiger partial charge in [0, 0.05) is 69.3 Å². The Labute approximate surface area is 145 Å². The third kappa shape index (κ3) is 4.23. The molecule has 2 fully saturated rings. The first kappa shape index (κ1) is 17.6. The lowest BCUT2D eigenvalue weighted by Crippen LogP contribution is -2.54. The van der Waals surface area contributed by atoms with Crippen LogP contribution in [0.25, 0.3) is 0 Å². The van der Waals surface area contributed by atoms with Crippen molar-refractivity contribution in [2.45, 2.75) is 45.8 Å². The molecule has 0 amide bonds. The molecule has 3 rings (SSSR count). The van der Waals surface area contributed by atoms with E-state index in [1.54, 1.807) is 0 Å². The fraction of sp³-hybridized carbons (Fsp3) is 0.778. The molecule has 0 spiro atoms. The van der Waals surface area contributed by atoms with E-state index >= 15 is 0 Å². The molecule has 1 aromatic heterocycles. The molecule has 2 aliphatic heterocycles. The standard InChI is InChI=1S/C18H31N5O/c1-4-17-14-21(5-6-23(17)15(2)3)13-16-11-19-18(20-12-16)22-7-9-24-10-8-22/h11-12,15,17H,4-10,13-14H2,1-3H3/t17-/m0/s1. The molecule has 0 aliphatic carbocycles. The predicted molar refractivity (Wildman–Crippen MR) is 96.3 cm³/mol. The first-order valence-electron chi connectivity index (χ1n) is 9.29. The van der Waals surface area contributed by atoms with Crippen molar-refractivity contribution < 1.29 is 4.74 Å². The van der Waals surface area contributed by atoms with Crippen LogP contribution in [0, 0.1) is 0 Å². The zero-order chi connectivity index (χ0) is 16.9. The third-order valence-electron chi connectivity index (χ3n) is 5.14. The normalized spacial score (nSPS) is 23.8. The fourth-order valence-corrected chi connectivity index (χ4v) is 3.74. The van der Waals surface area contributed by atoms with Gasteiger partial charge in [-0.15, -0.1) is 0 Å². The maximum atomic E-state index is 5.38. The first-order valence-corrected chi connectivity index (χ1v) is 9.29. The number of aromatic nitrogens is 2. The summed E-state index contributed by atoms with van der Waals surface area (Å²) >= 11 is 0. The van der Waals surface area contributed by atoms with Gasteiger partial charge in [-0.25, -0.2) is 9.97 Å². The van der Waals surface area contributed by atoms with Crippen molar-refractivity contribution >= 4 is 5.95 Å². The quantitative estimate of drug-likeness (QED) is 0.816. The molecule has 1 atom stereocenters. The van der Waals surface area contributed by atoms with Gasteiger partial charge in [-0.1, -0.05) is 6.92 Å². The summed E-state index contributed by atoms with van der Waals surface area (Å²) in [5.41, 5.74) is 1.21. The van der Waals surface area contributed by atoms with Gasteiger partial charge in [0.15, 0.2) is 0 Å². The molecule has 6 heteroatoms. The maximum absolute atomic E-state index is 5.38. The largest absolute Gasteiger partial charge is 0.378 e. The zero-order valence-electron chi connectivity index (χ0n) is 15.3. The van der Waals surface area contributed by atoms with Crippen molar-refractivity contribution in [3.05, 3.63) is 18.0 Å². The average Bonchev–Trinajstić information content (AvgIpc) is 2.63. The monoisotopic (exact) mass is 333 g/mol. The Bertz CT molecular complexity index is 501. The Kier molecular flexibility index (Phi) is 6.03. The molecule has 1 aromatic rings. The smallest absolute Gasteiger partial charge is 0.225 e. The summed E-state index contributed by atoms with van der Waals surface area (Å²) in [6.45, 7) is 14.6. The van der Waals surface area contributed by atoms with E-state index in [9.17, 15) is 0 Å². The van der Waals surface area contributed by atoms with Crippen LogP contribution in [-0.4, -0.2) is 77.8 Å². The van der Waals surface area contributed by atoms with E-state index in [-0.39, 0.29) is 0 Å². The molecule has 6 nitrogen and oxygen atoms in total. The molecular formula is C18H31N5O. The third-order valence-corrected chi connectivity index (χ3v) is 5.14. The van der Waals surface area contributed by atoms with Crippen LogP contribution in [0.15, 0.2) is 12.4 Å². The van der Waals surface area contributed by atoms with Crippen molar-refractivity contribution in [2.75, 3.05) is 50.8 Å². The Balaban J connectivity index is 1.56. The van der Waals surface area contributed by atoms with E-state index in [1.807, 2.05) is 12.4 Å². The Morgan fingerprint density at radius 2 is 1.83 bits per heavy atom. The number of morpholine rings is 1. The fourth-order valence-electron chi connectivity index (χ4n) is 3.74. The highest BCUT2D eigenvalue weighted by Crippen LogP contribution is 2.18. The second-order valence-corrected chi connectivity index (χ2v) is 7.12. The molecule has 134 valence electrons. The summed E-state index contributed by atoms with van der Waals surface area (Å²) in [5, 5.41) is 0. The van der Waals surface area contributed by atoms with Gasteiger partial charge in [0.2, 0.25) is 5.95 Å². The van der Waals surface area contributed by atoms with Crippen LogP contribution >= 0.6 is 0 Å². The highest BCUT2D eigenvalue weighted by atomic mass is 16.5. The summed E-state index contributed by atoms with van der Waals surface area (Å²) in [6.07, 6.45) is 5.20. The molecule has 0 radical (unpaired) electrons. The lowest BCUT2D eigenvalue weighted by molar-refractivity contribution is 0.0456. The molecule has 2 aliphatic rings. The van der Waals surface area contributed by atoms with Crippen LogP contribution in [0.1, 0.15) is 32.8 Å². The van der Waals surface area contributed by atoms with Gasteiger partial charge in [-0.2, -0.15) is 0 Å². The first-order chi connectivity index (χ1) is 11.7. The van der Waals surface area contributed by atoms with Crippen LogP contribution < -0.4 is 4.90 Å². The van der Waals surface area contributed by atoms with Crippen molar-refractivity contribution in [1.29, 1.82) is 0 Å². The Morgan fingerprint density at radius 3 is 2.46 bits per heavy atom. The van der Waals surface area contributed by atoms with Crippen molar-refractivity contribution in [3.63, 3.8) is 0 Å². The molecule has 0 N–H and O–H groups in total. The summed E-state index contributed by atoms with van der Waals surface area (Å²) in [5.74, 6) is 0.832. The van der Waals surface area contributed by atoms with Gasteiger partial charge < -0.3 is 9.64 Å². The Morgan fingerprint density at radius 1 is 1.12 bits per heavy atom. The number of hydrogen-bond acceptors (Lipinski definition) is 6. The second kappa shape index (κ2) is 8.23. The van der Waals surface area contributed by atoms with E-state index in [4.69, 9.17) is 4.74 Å². The van der Waals surface area contributed by atoms with Crippen molar-refractivity contribution in [2.24, 2.45) is 0 Å². The molecule has 0 aromatic carbocycles. The van der Waals surface area contributed by atoms with Crippen molar-refractivity contribution in [1.82, 2.24) is 19.8 Å². The molecule has 0 unspecified atom stereocenters. The number of piperazine rings is 1. The van der Waals surface area contributed by atoms with E-state index in [2.05, 4.69) is 45.4 Å². The maximum Gasteiger partial charge on any atom is 0.225 e. The minimum atomic E-state index is 0.633. The van der Waals surface area contributed by atoms with Gasteiger partial charge in [-0.3, -0.25) is 9.80 Å². The Hall–Kier alpha value is -1.24. The predicted octanol–water partition coefficient (Wildman–Crippen LogP) is 1.62. The average molecular weight is 333 g/mol. The van der Waals surface area contributed by atoms with Crippen molar-refractivity contribution in [3.8, 4) is 0 Å². The number of ether oxygens (including phenoxy) is 1. The van der Waals surface area contributed by atoms with Gasteiger partial charge in [0.1, 0.15) is 0 Å². The molecular weight excluding hydrogens is 302 g/mol. The molecule has 0 bridgehead atoms. The number of anilines is 1. The second-order valence-electron chi connectivity index (χ2n) is 7.12. The van der Waals surface area contributed by atoms with Crippen LogP contribution in [0.3, 0.4) is 0 Å². The minimum Gasteiger partial charge on any atom is -0.378 e. The van der Waals surface area contributed by atoms with Crippen LogP contribution in [-0.2, 0) is 11.3 Å². The summed E-state index contributed by atoms with van der Waals surface area (Å²) in [4.78, 5) is 16.5. The zero-order valence-corrected chi connectivity index (χ0v) is 15.3. The lowest BCUT2D eigenvalue weighted by atomic mass is 10.1. The van der Waals surface area contributed by atoms with Gasteiger partial charge in [0.05, 0.1) is 13.2 Å². The molecule has 2 saturated heterocycles. The summed E-state index contributed by atoms with van der Waals surface area (Å²) in [7, 11) is 0. The summed E-state index contributed by atoms with van der Waals surface area (Å²) < 4.78 is 5.38. The summed E-state index contributed by atoms with van der Waals surface area (Å²) in [6, 6.07) is 1.29. The number of hydrogen-bond donors (Lipinski definition) is 0.